The Morgan fingerprint density at radius 2 is 1.84 bits per heavy atom. The summed E-state index contributed by atoms with van der Waals surface area (Å²) < 4.78 is 5.82. The number of furan rings is 1. The summed E-state index contributed by atoms with van der Waals surface area (Å²) in [7, 11) is 0. The lowest BCUT2D eigenvalue weighted by molar-refractivity contribution is -0.136. The van der Waals surface area contributed by atoms with E-state index in [-0.39, 0.29) is 6.42 Å². The normalized spacial score (nSPS) is 10.7. The third-order valence-corrected chi connectivity index (χ3v) is 3.03. The zero-order chi connectivity index (χ0) is 13.2. The molecular formula is C16H12O3. The monoisotopic (exact) mass is 252 g/mol. The molecule has 19 heavy (non-hydrogen) atoms. The molecule has 0 spiro atoms. The number of carboxylic acid groups (broad SMARTS) is 1. The minimum atomic E-state index is -0.856. The van der Waals surface area contributed by atoms with Gasteiger partial charge in [-0.3, -0.25) is 4.79 Å². The van der Waals surface area contributed by atoms with Gasteiger partial charge in [0.2, 0.25) is 0 Å². The number of carbonyl (C=O) groups is 1. The molecule has 0 saturated heterocycles. The number of rotatable bonds is 3. The number of para-hydroxylation sites is 1. The van der Waals surface area contributed by atoms with Crippen LogP contribution in [-0.4, -0.2) is 11.1 Å². The Bertz CT molecular complexity index is 726. The maximum absolute atomic E-state index is 10.8. The summed E-state index contributed by atoms with van der Waals surface area (Å²) in [5.74, 6) is -0.0985. The first-order valence-corrected chi connectivity index (χ1v) is 6.03. The average Bonchev–Trinajstić information content (AvgIpc) is 2.84. The third kappa shape index (κ3) is 2.22. The van der Waals surface area contributed by atoms with E-state index in [0.29, 0.717) is 11.1 Å². The van der Waals surface area contributed by atoms with Gasteiger partial charge in [-0.25, -0.2) is 0 Å². The molecule has 0 unspecified atom stereocenters. The summed E-state index contributed by atoms with van der Waals surface area (Å²) in [5, 5.41) is 9.84. The smallest absolute Gasteiger partial charge is 0.307 e. The molecule has 0 saturated carbocycles. The highest BCUT2D eigenvalue weighted by atomic mass is 16.4. The van der Waals surface area contributed by atoms with Gasteiger partial charge >= 0.3 is 5.97 Å². The standard InChI is InChI=1S/C16H12O3/c17-15(18)10-13-8-4-7-12-9-14(19-16(12)13)11-5-2-1-3-6-11/h1-9H,10H2,(H,17,18). The quantitative estimate of drug-likeness (QED) is 0.772. The fourth-order valence-electron chi connectivity index (χ4n) is 2.17. The Labute approximate surface area is 110 Å². The molecule has 94 valence electrons. The van der Waals surface area contributed by atoms with Crippen molar-refractivity contribution >= 4 is 16.9 Å². The lowest BCUT2D eigenvalue weighted by Gasteiger charge is -1.98. The van der Waals surface area contributed by atoms with E-state index in [1.165, 1.54) is 0 Å². The molecule has 0 radical (unpaired) electrons. The molecule has 0 amide bonds. The van der Waals surface area contributed by atoms with Gasteiger partial charge in [-0.2, -0.15) is 0 Å². The predicted molar refractivity (Wildman–Crippen MR) is 73.0 cm³/mol. The second-order valence-electron chi connectivity index (χ2n) is 4.38. The van der Waals surface area contributed by atoms with Crippen LogP contribution in [0.25, 0.3) is 22.3 Å². The summed E-state index contributed by atoms with van der Waals surface area (Å²) in [6.45, 7) is 0. The maximum atomic E-state index is 10.8. The second-order valence-corrected chi connectivity index (χ2v) is 4.38. The van der Waals surface area contributed by atoms with Crippen LogP contribution in [-0.2, 0) is 11.2 Å². The van der Waals surface area contributed by atoms with Crippen molar-refractivity contribution < 1.29 is 14.3 Å². The highest BCUT2D eigenvalue weighted by Gasteiger charge is 2.11. The van der Waals surface area contributed by atoms with Crippen LogP contribution in [0.1, 0.15) is 5.56 Å². The number of benzene rings is 2. The molecule has 1 aromatic heterocycles. The lowest BCUT2D eigenvalue weighted by atomic mass is 10.1. The highest BCUT2D eigenvalue weighted by molar-refractivity contribution is 5.87. The first-order valence-electron chi connectivity index (χ1n) is 6.03. The van der Waals surface area contributed by atoms with Gasteiger partial charge in [-0.05, 0) is 6.07 Å². The van der Waals surface area contributed by atoms with Crippen molar-refractivity contribution in [1.29, 1.82) is 0 Å². The molecular weight excluding hydrogens is 240 g/mol. The number of carboxylic acids is 1. The van der Waals surface area contributed by atoms with E-state index in [2.05, 4.69) is 0 Å². The lowest BCUT2D eigenvalue weighted by Crippen LogP contribution is -1.99. The zero-order valence-corrected chi connectivity index (χ0v) is 10.2. The van der Waals surface area contributed by atoms with Crippen molar-refractivity contribution in [2.24, 2.45) is 0 Å². The van der Waals surface area contributed by atoms with Crippen molar-refractivity contribution in [3.63, 3.8) is 0 Å². The van der Waals surface area contributed by atoms with E-state index in [0.717, 1.165) is 16.7 Å². The van der Waals surface area contributed by atoms with Gasteiger partial charge in [-0.15, -0.1) is 0 Å². The molecule has 1 N–H and O–H groups in total. The fourth-order valence-corrected chi connectivity index (χ4v) is 2.17. The first-order chi connectivity index (χ1) is 9.24. The largest absolute Gasteiger partial charge is 0.481 e. The summed E-state index contributed by atoms with van der Waals surface area (Å²) in [6.07, 6.45) is -0.0287. The number of fused-ring (bicyclic) bond motifs is 1. The molecule has 0 aliphatic carbocycles. The molecule has 3 heteroatoms. The number of aliphatic carboxylic acids is 1. The Kier molecular flexibility index (Phi) is 2.80. The molecule has 0 fully saturated rings. The summed E-state index contributed by atoms with van der Waals surface area (Å²) in [6, 6.07) is 17.3. The third-order valence-electron chi connectivity index (χ3n) is 3.03. The fraction of sp³-hybridized carbons (Fsp3) is 0.0625. The zero-order valence-electron chi connectivity index (χ0n) is 10.2. The van der Waals surface area contributed by atoms with E-state index in [1.807, 2.05) is 48.5 Å². The van der Waals surface area contributed by atoms with Crippen LogP contribution in [0.2, 0.25) is 0 Å². The van der Waals surface area contributed by atoms with E-state index in [9.17, 15) is 4.79 Å². The van der Waals surface area contributed by atoms with Crippen molar-refractivity contribution in [3.8, 4) is 11.3 Å². The topological polar surface area (TPSA) is 50.4 Å². The van der Waals surface area contributed by atoms with E-state index in [4.69, 9.17) is 9.52 Å². The van der Waals surface area contributed by atoms with Gasteiger partial charge in [-0.1, -0.05) is 48.5 Å². The second kappa shape index (κ2) is 4.61. The minimum absolute atomic E-state index is 0.0287. The summed E-state index contributed by atoms with van der Waals surface area (Å²) in [5.41, 5.74) is 2.34. The summed E-state index contributed by atoms with van der Waals surface area (Å²) >= 11 is 0. The van der Waals surface area contributed by atoms with Crippen LogP contribution in [0.3, 0.4) is 0 Å². The molecule has 3 rings (SSSR count). The highest BCUT2D eigenvalue weighted by Crippen LogP contribution is 2.29. The van der Waals surface area contributed by atoms with Crippen molar-refractivity contribution in [2.75, 3.05) is 0 Å². The molecule has 2 aromatic carbocycles. The summed E-state index contributed by atoms with van der Waals surface area (Å²) in [4.78, 5) is 10.8. The van der Waals surface area contributed by atoms with Crippen molar-refractivity contribution in [2.45, 2.75) is 6.42 Å². The van der Waals surface area contributed by atoms with Crippen LogP contribution in [0.4, 0.5) is 0 Å². The molecule has 0 bridgehead atoms. The molecule has 3 aromatic rings. The maximum Gasteiger partial charge on any atom is 0.307 e. The van der Waals surface area contributed by atoms with Crippen LogP contribution in [0.5, 0.6) is 0 Å². The molecule has 0 aliphatic heterocycles. The Morgan fingerprint density at radius 1 is 1.05 bits per heavy atom. The Balaban J connectivity index is 2.13. The van der Waals surface area contributed by atoms with Gasteiger partial charge in [0, 0.05) is 16.5 Å². The van der Waals surface area contributed by atoms with Gasteiger partial charge in [0.15, 0.2) is 0 Å². The van der Waals surface area contributed by atoms with Crippen LogP contribution >= 0.6 is 0 Å². The number of hydrogen-bond donors (Lipinski definition) is 1. The minimum Gasteiger partial charge on any atom is -0.481 e. The van der Waals surface area contributed by atoms with Gasteiger partial charge in [0.05, 0.1) is 6.42 Å². The predicted octanol–water partition coefficient (Wildman–Crippen LogP) is 3.73. The SMILES string of the molecule is O=C(O)Cc1cccc2cc(-c3ccccc3)oc12. The Hall–Kier alpha value is -2.55. The van der Waals surface area contributed by atoms with E-state index >= 15 is 0 Å². The van der Waals surface area contributed by atoms with Crippen LogP contribution in [0, 0.1) is 0 Å². The van der Waals surface area contributed by atoms with Gasteiger partial charge in [0.1, 0.15) is 11.3 Å². The molecule has 1 heterocycles. The first kappa shape index (κ1) is 11.5. The molecule has 0 atom stereocenters. The van der Waals surface area contributed by atoms with Crippen LogP contribution < -0.4 is 0 Å². The van der Waals surface area contributed by atoms with Gasteiger partial charge in [0.25, 0.3) is 0 Å². The number of hydrogen-bond acceptors (Lipinski definition) is 2. The van der Waals surface area contributed by atoms with Crippen molar-refractivity contribution in [3.05, 3.63) is 60.2 Å². The van der Waals surface area contributed by atoms with Crippen molar-refractivity contribution in [1.82, 2.24) is 0 Å². The molecule has 0 aliphatic rings. The average molecular weight is 252 g/mol. The Morgan fingerprint density at radius 3 is 2.58 bits per heavy atom. The molecule has 3 nitrogen and oxygen atoms in total. The van der Waals surface area contributed by atoms with E-state index < -0.39 is 5.97 Å². The van der Waals surface area contributed by atoms with Gasteiger partial charge < -0.3 is 9.52 Å². The van der Waals surface area contributed by atoms with Crippen LogP contribution in [0.15, 0.2) is 59.0 Å². The van der Waals surface area contributed by atoms with E-state index in [1.54, 1.807) is 6.07 Å².